The molecule has 5 heterocycles. The lowest BCUT2D eigenvalue weighted by molar-refractivity contribution is -0.131. The molecule has 1 amide bonds. The van der Waals surface area contributed by atoms with E-state index < -0.39 is 17.8 Å². The minimum absolute atomic E-state index is 0.0995. The molecule has 0 saturated carbocycles. The van der Waals surface area contributed by atoms with Gasteiger partial charge in [-0.2, -0.15) is 15.2 Å². The zero-order chi connectivity index (χ0) is 30.1. The Kier molecular flexibility index (Phi) is 8.50. The fraction of sp³-hybridized carbons (Fsp3) is 0.562. The smallest absolute Gasteiger partial charge is 0.318 e. The van der Waals surface area contributed by atoms with Gasteiger partial charge in [0.15, 0.2) is 5.83 Å². The van der Waals surface area contributed by atoms with E-state index in [9.17, 15) is 14.4 Å². The van der Waals surface area contributed by atoms with Gasteiger partial charge in [-0.05, 0) is 63.5 Å². The van der Waals surface area contributed by atoms with Crippen molar-refractivity contribution in [3.63, 3.8) is 0 Å². The maximum Gasteiger partial charge on any atom is 0.318 e. The summed E-state index contributed by atoms with van der Waals surface area (Å²) in [6.45, 7) is 9.40. The average Bonchev–Trinajstić information content (AvgIpc) is 3.42. The fourth-order valence-corrected chi connectivity index (χ4v) is 7.06. The number of benzene rings is 1. The molecule has 0 aliphatic carbocycles. The van der Waals surface area contributed by atoms with E-state index in [-0.39, 0.29) is 13.0 Å². The summed E-state index contributed by atoms with van der Waals surface area (Å²) in [4.78, 5) is 33.1. The molecule has 6 rings (SSSR count). The summed E-state index contributed by atoms with van der Waals surface area (Å²) in [5, 5.41) is 9.50. The second-order valence-corrected chi connectivity index (χ2v) is 12.3. The molecule has 2 aromatic rings. The first-order valence-electron chi connectivity index (χ1n) is 15.4. The molecule has 0 radical (unpaired) electrons. The van der Waals surface area contributed by atoms with Gasteiger partial charge in [0.05, 0.1) is 30.8 Å². The molecule has 10 nitrogen and oxygen atoms in total. The van der Waals surface area contributed by atoms with Gasteiger partial charge in [-0.3, -0.25) is 4.79 Å². The molecule has 2 saturated heterocycles. The van der Waals surface area contributed by atoms with Gasteiger partial charge < -0.3 is 29.2 Å². The van der Waals surface area contributed by atoms with Crippen molar-refractivity contribution in [3.05, 3.63) is 53.0 Å². The quantitative estimate of drug-likeness (QED) is 0.453. The highest BCUT2D eigenvalue weighted by atomic mass is 19.1. The highest BCUT2D eigenvalue weighted by Gasteiger charge is 2.35. The Morgan fingerprint density at radius 2 is 1.91 bits per heavy atom. The van der Waals surface area contributed by atoms with Crippen LogP contribution in [0.25, 0.3) is 0 Å². The van der Waals surface area contributed by atoms with E-state index in [0.717, 1.165) is 68.9 Å². The van der Waals surface area contributed by atoms with Gasteiger partial charge in [0.25, 0.3) is 5.91 Å². The molecular formula is C32H41FN8O2. The third-order valence-electron chi connectivity index (χ3n) is 9.47. The molecule has 0 unspecified atom stereocenters. The maximum atomic E-state index is 13.8. The number of hydrogen-bond acceptors (Lipinski definition) is 9. The number of halogens is 1. The van der Waals surface area contributed by atoms with Gasteiger partial charge in [-0.15, -0.1) is 0 Å². The first-order valence-corrected chi connectivity index (χ1v) is 15.4. The summed E-state index contributed by atoms with van der Waals surface area (Å²) in [7, 11) is 4.29. The van der Waals surface area contributed by atoms with Crippen LogP contribution in [0.3, 0.4) is 0 Å². The van der Waals surface area contributed by atoms with E-state index in [1.807, 2.05) is 0 Å². The van der Waals surface area contributed by atoms with Gasteiger partial charge >= 0.3 is 6.01 Å². The van der Waals surface area contributed by atoms with E-state index in [1.54, 1.807) is 0 Å². The van der Waals surface area contributed by atoms with Crippen molar-refractivity contribution < 1.29 is 13.9 Å². The first kappa shape index (κ1) is 29.3. The van der Waals surface area contributed by atoms with Crippen molar-refractivity contribution in [1.29, 1.82) is 5.26 Å². The number of amides is 1. The van der Waals surface area contributed by atoms with Gasteiger partial charge in [-0.25, -0.2) is 4.39 Å². The SMILES string of the molecule is C=C(F)C(=O)N1CCN(c2nc(OC[C@@H]3CCCN3C)nc3c2CCN(c2cccc4c2CCN(C)C4)C3)C[C@@H]1CC#N. The summed E-state index contributed by atoms with van der Waals surface area (Å²) >= 11 is 0. The van der Waals surface area contributed by atoms with Gasteiger partial charge in [0.1, 0.15) is 12.4 Å². The number of fused-ring (bicyclic) bond motifs is 2. The average molecular weight is 589 g/mol. The molecule has 4 aliphatic rings. The molecule has 43 heavy (non-hydrogen) atoms. The molecule has 228 valence electrons. The van der Waals surface area contributed by atoms with E-state index in [1.165, 1.54) is 21.7 Å². The first-order chi connectivity index (χ1) is 20.8. The minimum Gasteiger partial charge on any atom is -0.462 e. The van der Waals surface area contributed by atoms with Crippen molar-refractivity contribution in [2.45, 2.75) is 57.3 Å². The third kappa shape index (κ3) is 6.04. The topological polar surface area (TPSA) is 92.1 Å². The summed E-state index contributed by atoms with van der Waals surface area (Å²) in [5.74, 6) is -0.953. The van der Waals surface area contributed by atoms with Crippen molar-refractivity contribution in [1.82, 2.24) is 24.7 Å². The van der Waals surface area contributed by atoms with E-state index in [4.69, 9.17) is 14.7 Å². The second-order valence-electron chi connectivity index (χ2n) is 12.3. The van der Waals surface area contributed by atoms with E-state index in [2.05, 4.69) is 64.5 Å². The van der Waals surface area contributed by atoms with Gasteiger partial charge in [0, 0.05) is 56.6 Å². The molecule has 2 fully saturated rings. The molecule has 0 N–H and O–H groups in total. The molecular weight excluding hydrogens is 547 g/mol. The molecule has 2 atom stereocenters. The fourth-order valence-electron chi connectivity index (χ4n) is 7.06. The molecule has 11 heteroatoms. The van der Waals surface area contributed by atoms with Crippen LogP contribution in [0, 0.1) is 11.3 Å². The van der Waals surface area contributed by atoms with Crippen LogP contribution in [0.1, 0.15) is 41.6 Å². The number of carbonyl (C=O) groups is 1. The summed E-state index contributed by atoms with van der Waals surface area (Å²) in [5.41, 5.74) is 6.12. The number of hydrogen-bond donors (Lipinski definition) is 0. The Morgan fingerprint density at radius 3 is 2.67 bits per heavy atom. The van der Waals surface area contributed by atoms with E-state index in [0.29, 0.717) is 38.3 Å². The minimum atomic E-state index is -1.00. The van der Waals surface area contributed by atoms with Crippen LogP contribution < -0.4 is 14.5 Å². The standard InChI is InChI=1S/C32H41FN8O2/c1-22(33)31(42)41-17-16-40(19-24(41)9-12-34)30-27-11-15-39(29-8-4-6-23-18-37(2)14-10-26(23)29)20-28(27)35-32(36-30)43-21-25-7-5-13-38(25)3/h4,6,8,24-25H,1,5,7,9-11,13-21H2,2-3H3/t24-,25-/m0/s1. The van der Waals surface area contributed by atoms with Crippen LogP contribution in [-0.2, 0) is 30.7 Å². The van der Waals surface area contributed by atoms with Crippen LogP contribution in [-0.4, -0.2) is 103 Å². The molecule has 1 aromatic carbocycles. The number of likely N-dealkylation sites (tertiary alicyclic amines) is 1. The second kappa shape index (κ2) is 12.5. The highest BCUT2D eigenvalue weighted by molar-refractivity contribution is 5.91. The molecule has 0 spiro atoms. The van der Waals surface area contributed by atoms with Crippen LogP contribution in [0.5, 0.6) is 6.01 Å². The molecule has 0 bridgehead atoms. The number of rotatable bonds is 7. The van der Waals surface area contributed by atoms with Crippen LogP contribution in [0.2, 0.25) is 0 Å². The number of nitrogens with zero attached hydrogens (tertiary/aromatic N) is 8. The van der Waals surface area contributed by atoms with Crippen LogP contribution >= 0.6 is 0 Å². The normalized spacial score (nSPS) is 22.6. The lowest BCUT2D eigenvalue weighted by Crippen LogP contribution is -2.55. The van der Waals surface area contributed by atoms with Crippen molar-refractivity contribution in [3.8, 4) is 12.1 Å². The zero-order valence-corrected chi connectivity index (χ0v) is 25.3. The van der Waals surface area contributed by atoms with Crippen LogP contribution in [0.4, 0.5) is 15.9 Å². The van der Waals surface area contributed by atoms with Gasteiger partial charge in [0.2, 0.25) is 0 Å². The number of carbonyl (C=O) groups excluding carboxylic acids is 1. The maximum absolute atomic E-state index is 13.8. The lowest BCUT2D eigenvalue weighted by atomic mass is 9.95. The monoisotopic (exact) mass is 588 g/mol. The third-order valence-corrected chi connectivity index (χ3v) is 9.47. The zero-order valence-electron chi connectivity index (χ0n) is 25.3. The van der Waals surface area contributed by atoms with Crippen molar-refractivity contribution >= 4 is 17.4 Å². The molecule has 4 aliphatic heterocycles. The molecule has 1 aromatic heterocycles. The largest absolute Gasteiger partial charge is 0.462 e. The summed E-state index contributed by atoms with van der Waals surface area (Å²) in [6, 6.07) is 9.02. The Bertz CT molecular complexity index is 1430. The summed E-state index contributed by atoms with van der Waals surface area (Å²) in [6.07, 6.45) is 4.13. The highest BCUT2D eigenvalue weighted by Crippen LogP contribution is 2.35. The van der Waals surface area contributed by atoms with E-state index >= 15 is 0 Å². The predicted molar refractivity (Wildman–Crippen MR) is 163 cm³/mol. The number of likely N-dealkylation sites (N-methyl/N-ethyl adjacent to an activating group) is 2. The predicted octanol–water partition coefficient (Wildman–Crippen LogP) is 2.91. The number of aromatic nitrogens is 2. The number of piperazine rings is 1. The Balaban J connectivity index is 1.31. The van der Waals surface area contributed by atoms with Crippen molar-refractivity contribution in [2.24, 2.45) is 0 Å². The van der Waals surface area contributed by atoms with Gasteiger partial charge in [-0.1, -0.05) is 18.7 Å². The number of anilines is 2. The Labute approximate surface area is 253 Å². The number of ether oxygens (including phenoxy) is 1. The lowest BCUT2D eigenvalue weighted by Gasteiger charge is -2.42. The Morgan fingerprint density at radius 1 is 1.07 bits per heavy atom. The van der Waals surface area contributed by atoms with Crippen molar-refractivity contribution in [2.75, 3.05) is 69.8 Å². The summed E-state index contributed by atoms with van der Waals surface area (Å²) < 4.78 is 20.1. The number of nitriles is 1. The Hall–Kier alpha value is -3.75. The van der Waals surface area contributed by atoms with Crippen LogP contribution in [0.15, 0.2) is 30.6 Å².